The van der Waals surface area contributed by atoms with Crippen molar-refractivity contribution >= 4 is 11.9 Å². The molecule has 0 amide bonds. The first-order valence-corrected chi connectivity index (χ1v) is 6.33. The number of imidazole rings is 1. The average molecular weight is 276 g/mol. The predicted molar refractivity (Wildman–Crippen MR) is 72.5 cm³/mol. The van der Waals surface area contributed by atoms with Crippen molar-refractivity contribution in [2.75, 3.05) is 36.6 Å². The zero-order chi connectivity index (χ0) is 13.9. The third-order valence-electron chi connectivity index (χ3n) is 3.08. The molecule has 0 spiro atoms. The van der Waals surface area contributed by atoms with Crippen molar-refractivity contribution in [3.63, 3.8) is 0 Å². The van der Waals surface area contributed by atoms with Crippen molar-refractivity contribution in [3.8, 4) is 5.95 Å². The Balaban J connectivity index is 2.00. The normalized spacial score (nSPS) is 15.4. The zero-order valence-electron chi connectivity index (χ0n) is 11.2. The van der Waals surface area contributed by atoms with Gasteiger partial charge in [-0.15, -0.1) is 0 Å². The lowest BCUT2D eigenvalue weighted by atomic mass is 10.4. The first-order valence-electron chi connectivity index (χ1n) is 6.33. The fourth-order valence-electron chi connectivity index (χ4n) is 2.02. The second-order valence-electron chi connectivity index (χ2n) is 4.35. The third kappa shape index (κ3) is 2.40. The number of ether oxygens (including phenoxy) is 1. The predicted octanol–water partition coefficient (Wildman–Crippen LogP) is -0.512. The zero-order valence-corrected chi connectivity index (χ0v) is 11.2. The van der Waals surface area contributed by atoms with Crippen molar-refractivity contribution in [2.45, 2.75) is 6.92 Å². The summed E-state index contributed by atoms with van der Waals surface area (Å²) >= 11 is 0. The number of anilines is 2. The van der Waals surface area contributed by atoms with Crippen LogP contribution in [0.5, 0.6) is 0 Å². The van der Waals surface area contributed by atoms with E-state index >= 15 is 0 Å². The van der Waals surface area contributed by atoms with Gasteiger partial charge in [-0.2, -0.15) is 15.0 Å². The molecule has 3 heterocycles. The summed E-state index contributed by atoms with van der Waals surface area (Å²) in [7, 11) is 0. The van der Waals surface area contributed by atoms with Crippen molar-refractivity contribution in [3.05, 3.63) is 18.2 Å². The number of aryl methyl sites for hydroxylation is 1. The maximum atomic E-state index is 5.44. The number of hydrogen-bond donors (Lipinski definition) is 2. The van der Waals surface area contributed by atoms with E-state index in [1.165, 1.54) is 0 Å². The molecule has 9 heteroatoms. The molecule has 0 aliphatic carbocycles. The Morgan fingerprint density at radius 2 is 1.95 bits per heavy atom. The Morgan fingerprint density at radius 3 is 2.60 bits per heavy atom. The molecule has 1 saturated heterocycles. The summed E-state index contributed by atoms with van der Waals surface area (Å²) in [5.41, 5.74) is 2.47. The molecule has 0 bridgehead atoms. The quantitative estimate of drug-likeness (QED) is 0.570. The molecule has 2 aromatic rings. The van der Waals surface area contributed by atoms with Gasteiger partial charge in [0.1, 0.15) is 5.82 Å². The highest BCUT2D eigenvalue weighted by atomic mass is 16.5. The van der Waals surface area contributed by atoms with E-state index < -0.39 is 0 Å². The monoisotopic (exact) mass is 276 g/mol. The van der Waals surface area contributed by atoms with Gasteiger partial charge in [-0.05, 0) is 6.92 Å². The molecular formula is C11H16N8O. The van der Waals surface area contributed by atoms with Gasteiger partial charge in [-0.1, -0.05) is 0 Å². The van der Waals surface area contributed by atoms with Gasteiger partial charge in [0.05, 0.1) is 13.2 Å². The number of nitrogens with one attached hydrogen (secondary N) is 1. The van der Waals surface area contributed by atoms with Crippen LogP contribution in [-0.4, -0.2) is 50.8 Å². The number of hydrogen-bond acceptors (Lipinski definition) is 8. The van der Waals surface area contributed by atoms with Crippen LogP contribution < -0.4 is 16.2 Å². The number of hydrazine groups is 1. The molecule has 0 atom stereocenters. The minimum Gasteiger partial charge on any atom is -0.378 e. The minimum atomic E-state index is 0.324. The second kappa shape index (κ2) is 5.39. The fourth-order valence-corrected chi connectivity index (χ4v) is 2.02. The number of nitrogens with two attached hydrogens (primary N) is 1. The molecule has 9 nitrogen and oxygen atoms in total. The van der Waals surface area contributed by atoms with E-state index in [9.17, 15) is 0 Å². The smallest absolute Gasteiger partial charge is 0.243 e. The van der Waals surface area contributed by atoms with Gasteiger partial charge in [0.15, 0.2) is 0 Å². The molecule has 0 unspecified atom stereocenters. The molecule has 1 fully saturated rings. The lowest BCUT2D eigenvalue weighted by molar-refractivity contribution is 0.122. The highest BCUT2D eigenvalue weighted by molar-refractivity contribution is 5.40. The lowest BCUT2D eigenvalue weighted by Gasteiger charge is -2.27. The van der Waals surface area contributed by atoms with Gasteiger partial charge in [-0.3, -0.25) is 9.99 Å². The number of nitrogen functional groups attached to an aromatic ring is 1. The summed E-state index contributed by atoms with van der Waals surface area (Å²) in [6.45, 7) is 4.70. The SMILES string of the molecule is Cc1nccn1-c1nc(NN)nc(N2CCOCC2)n1. The van der Waals surface area contributed by atoms with Gasteiger partial charge in [0.2, 0.25) is 17.8 Å². The van der Waals surface area contributed by atoms with E-state index in [0.29, 0.717) is 31.1 Å². The standard InChI is InChI=1S/C11H16N8O/c1-8-13-2-3-19(8)11-15-9(17-12)14-10(16-11)18-4-6-20-7-5-18/h2-3H,4-7,12H2,1H3,(H,14,15,16,17). The van der Waals surface area contributed by atoms with E-state index in [4.69, 9.17) is 10.6 Å². The maximum Gasteiger partial charge on any atom is 0.243 e. The summed E-state index contributed by atoms with van der Waals surface area (Å²) in [6, 6.07) is 0. The largest absolute Gasteiger partial charge is 0.378 e. The summed E-state index contributed by atoms with van der Waals surface area (Å²) in [5.74, 6) is 7.63. The Hall–Kier alpha value is -2.26. The van der Waals surface area contributed by atoms with Crippen LogP contribution in [0.2, 0.25) is 0 Å². The first-order chi connectivity index (χ1) is 9.78. The van der Waals surface area contributed by atoms with Crippen molar-refractivity contribution in [1.82, 2.24) is 24.5 Å². The number of nitrogens with zero attached hydrogens (tertiary/aromatic N) is 6. The Kier molecular flexibility index (Phi) is 3.44. The number of aromatic nitrogens is 5. The maximum absolute atomic E-state index is 5.44. The molecule has 1 aliphatic rings. The Morgan fingerprint density at radius 1 is 1.20 bits per heavy atom. The highest BCUT2D eigenvalue weighted by Crippen LogP contribution is 2.15. The van der Waals surface area contributed by atoms with Gasteiger partial charge in [0.25, 0.3) is 0 Å². The van der Waals surface area contributed by atoms with Crippen LogP contribution in [0, 0.1) is 6.92 Å². The molecule has 106 valence electrons. The summed E-state index contributed by atoms with van der Waals surface area (Å²) in [4.78, 5) is 19.2. The first kappa shape index (κ1) is 12.8. The van der Waals surface area contributed by atoms with Crippen LogP contribution in [-0.2, 0) is 4.74 Å². The van der Waals surface area contributed by atoms with Crippen LogP contribution in [0.4, 0.5) is 11.9 Å². The Labute approximate surface area is 115 Å². The van der Waals surface area contributed by atoms with Crippen LogP contribution in [0.3, 0.4) is 0 Å². The van der Waals surface area contributed by atoms with E-state index in [-0.39, 0.29) is 0 Å². The van der Waals surface area contributed by atoms with Crippen LogP contribution >= 0.6 is 0 Å². The minimum absolute atomic E-state index is 0.324. The molecule has 0 radical (unpaired) electrons. The molecular weight excluding hydrogens is 260 g/mol. The molecule has 20 heavy (non-hydrogen) atoms. The lowest BCUT2D eigenvalue weighted by Crippen LogP contribution is -2.37. The van der Waals surface area contributed by atoms with Crippen LogP contribution in [0.1, 0.15) is 5.82 Å². The van der Waals surface area contributed by atoms with Gasteiger partial charge >= 0.3 is 0 Å². The van der Waals surface area contributed by atoms with Crippen molar-refractivity contribution in [2.24, 2.45) is 5.84 Å². The van der Waals surface area contributed by atoms with Crippen molar-refractivity contribution < 1.29 is 4.74 Å². The topological polar surface area (TPSA) is 107 Å². The van der Waals surface area contributed by atoms with E-state index in [0.717, 1.165) is 18.9 Å². The third-order valence-corrected chi connectivity index (χ3v) is 3.08. The number of rotatable bonds is 3. The van der Waals surface area contributed by atoms with E-state index in [1.807, 2.05) is 11.8 Å². The van der Waals surface area contributed by atoms with Gasteiger partial charge < -0.3 is 9.64 Å². The average Bonchev–Trinajstić information content (AvgIpc) is 2.94. The molecule has 3 N–H and O–H groups in total. The van der Waals surface area contributed by atoms with E-state index in [2.05, 4.69) is 25.4 Å². The van der Waals surface area contributed by atoms with Gasteiger partial charge in [-0.25, -0.2) is 10.8 Å². The second-order valence-corrected chi connectivity index (χ2v) is 4.35. The van der Waals surface area contributed by atoms with Crippen LogP contribution in [0.15, 0.2) is 12.4 Å². The molecule has 0 saturated carbocycles. The molecule has 3 rings (SSSR count). The summed E-state index contributed by atoms with van der Waals surface area (Å²) < 4.78 is 7.12. The van der Waals surface area contributed by atoms with Crippen LogP contribution in [0.25, 0.3) is 5.95 Å². The fraction of sp³-hybridized carbons (Fsp3) is 0.455. The molecule has 2 aromatic heterocycles. The van der Waals surface area contributed by atoms with Gasteiger partial charge in [0, 0.05) is 25.5 Å². The van der Waals surface area contributed by atoms with E-state index in [1.54, 1.807) is 17.0 Å². The van der Waals surface area contributed by atoms with Crippen molar-refractivity contribution in [1.29, 1.82) is 0 Å². The molecule has 1 aliphatic heterocycles. The highest BCUT2D eigenvalue weighted by Gasteiger charge is 2.17. The summed E-state index contributed by atoms with van der Waals surface area (Å²) in [5, 5.41) is 0. The number of morpholine rings is 1. The Bertz CT molecular complexity index is 592. The summed E-state index contributed by atoms with van der Waals surface area (Å²) in [6.07, 6.45) is 3.50. The molecule has 0 aromatic carbocycles.